The maximum Gasteiger partial charge on any atom is 0.231 e. The molecular formula is C24H17N7S. The smallest absolute Gasteiger partial charge is 0.231 e. The van der Waals surface area contributed by atoms with Crippen molar-refractivity contribution in [1.82, 2.24) is 24.5 Å². The van der Waals surface area contributed by atoms with E-state index in [1.54, 1.807) is 23.9 Å². The topological polar surface area (TPSA) is 80.6 Å². The summed E-state index contributed by atoms with van der Waals surface area (Å²) in [7, 11) is 0. The quantitative estimate of drug-likeness (QED) is 0.350. The van der Waals surface area contributed by atoms with E-state index in [9.17, 15) is 0 Å². The van der Waals surface area contributed by atoms with Gasteiger partial charge in [0.1, 0.15) is 6.33 Å². The van der Waals surface area contributed by atoms with Crippen LogP contribution in [-0.2, 0) is 0 Å². The molecule has 6 rings (SSSR count). The Morgan fingerprint density at radius 2 is 1.75 bits per heavy atom. The van der Waals surface area contributed by atoms with Crippen LogP contribution in [0.4, 0.5) is 23.1 Å². The van der Waals surface area contributed by atoms with E-state index in [1.807, 2.05) is 76.7 Å². The number of fused-ring (bicyclic) bond motifs is 2. The summed E-state index contributed by atoms with van der Waals surface area (Å²) in [5, 5.41) is 11.9. The fourth-order valence-electron chi connectivity index (χ4n) is 3.57. The molecule has 0 aliphatic rings. The van der Waals surface area contributed by atoms with Gasteiger partial charge < -0.3 is 10.6 Å². The van der Waals surface area contributed by atoms with Crippen LogP contribution < -0.4 is 10.6 Å². The number of hydrogen-bond acceptors (Lipinski definition) is 7. The number of thiophene rings is 1. The SMILES string of the molecule is c1ccc(Nc2nc(Nc3ccc4ncccc4c3)nc3c2ncn3-c2ccsc2)cc1. The molecule has 7 nitrogen and oxygen atoms in total. The Morgan fingerprint density at radius 3 is 2.62 bits per heavy atom. The van der Waals surface area contributed by atoms with Crippen molar-refractivity contribution in [1.29, 1.82) is 0 Å². The summed E-state index contributed by atoms with van der Waals surface area (Å²) >= 11 is 1.63. The predicted molar refractivity (Wildman–Crippen MR) is 129 cm³/mol. The van der Waals surface area contributed by atoms with Crippen molar-refractivity contribution < 1.29 is 0 Å². The van der Waals surface area contributed by atoms with Gasteiger partial charge in [0.2, 0.25) is 5.95 Å². The molecule has 0 fully saturated rings. The van der Waals surface area contributed by atoms with Gasteiger partial charge in [-0.15, -0.1) is 0 Å². The number of aromatic nitrogens is 5. The van der Waals surface area contributed by atoms with Gasteiger partial charge in [-0.1, -0.05) is 24.3 Å². The molecule has 0 spiro atoms. The normalized spacial score (nSPS) is 11.1. The predicted octanol–water partition coefficient (Wildman–Crippen LogP) is 5.91. The van der Waals surface area contributed by atoms with E-state index in [0.29, 0.717) is 17.3 Å². The van der Waals surface area contributed by atoms with E-state index >= 15 is 0 Å². The Morgan fingerprint density at radius 1 is 0.812 bits per heavy atom. The number of nitrogens with zero attached hydrogens (tertiary/aromatic N) is 5. The number of benzene rings is 2. The van der Waals surface area contributed by atoms with Gasteiger partial charge in [-0.2, -0.15) is 21.3 Å². The highest BCUT2D eigenvalue weighted by Crippen LogP contribution is 2.28. The van der Waals surface area contributed by atoms with Gasteiger partial charge in [0.25, 0.3) is 0 Å². The van der Waals surface area contributed by atoms with Crippen LogP contribution in [-0.4, -0.2) is 24.5 Å². The van der Waals surface area contributed by atoms with Crippen molar-refractivity contribution in [3.8, 4) is 5.69 Å². The van der Waals surface area contributed by atoms with Gasteiger partial charge >= 0.3 is 0 Å². The maximum absolute atomic E-state index is 4.80. The van der Waals surface area contributed by atoms with Crippen LogP contribution in [0.3, 0.4) is 0 Å². The molecule has 4 aromatic heterocycles. The molecule has 2 aromatic carbocycles. The second-order valence-electron chi connectivity index (χ2n) is 7.19. The zero-order valence-corrected chi connectivity index (χ0v) is 17.6. The molecule has 154 valence electrons. The van der Waals surface area contributed by atoms with Crippen molar-refractivity contribution in [3.63, 3.8) is 0 Å². The summed E-state index contributed by atoms with van der Waals surface area (Å²) in [4.78, 5) is 18.5. The van der Waals surface area contributed by atoms with Crippen molar-refractivity contribution in [2.24, 2.45) is 0 Å². The maximum atomic E-state index is 4.80. The van der Waals surface area contributed by atoms with Gasteiger partial charge in [-0.05, 0) is 47.8 Å². The first-order valence-electron chi connectivity index (χ1n) is 10.0. The molecule has 32 heavy (non-hydrogen) atoms. The number of pyridine rings is 1. The highest BCUT2D eigenvalue weighted by atomic mass is 32.1. The highest BCUT2D eigenvalue weighted by molar-refractivity contribution is 7.08. The van der Waals surface area contributed by atoms with Gasteiger partial charge in [-0.25, -0.2) is 4.98 Å². The lowest BCUT2D eigenvalue weighted by Crippen LogP contribution is -2.03. The van der Waals surface area contributed by atoms with E-state index in [2.05, 4.69) is 26.0 Å². The first-order chi connectivity index (χ1) is 15.8. The second-order valence-corrected chi connectivity index (χ2v) is 7.97. The molecule has 0 saturated heterocycles. The molecule has 2 N–H and O–H groups in total. The standard InChI is InChI=1S/C24H17N7S/c1-2-6-17(7-3-1)27-22-21-23(31(15-26-21)19-10-12-32-14-19)30-24(29-22)28-18-8-9-20-16(13-18)5-4-11-25-20/h1-15H,(H2,27,28,29,30). The third-order valence-electron chi connectivity index (χ3n) is 5.08. The van der Waals surface area contributed by atoms with Gasteiger partial charge in [0.15, 0.2) is 17.0 Å². The molecule has 0 bridgehead atoms. The molecule has 8 heteroatoms. The molecule has 4 heterocycles. The first kappa shape index (κ1) is 18.5. The summed E-state index contributed by atoms with van der Waals surface area (Å²) in [6.07, 6.45) is 3.57. The molecule has 0 aliphatic heterocycles. The lowest BCUT2D eigenvalue weighted by Gasteiger charge is -2.11. The number of anilines is 4. The zero-order valence-electron chi connectivity index (χ0n) is 16.8. The summed E-state index contributed by atoms with van der Waals surface area (Å²) in [5.41, 5.74) is 5.20. The number of imidazole rings is 1. The molecule has 0 atom stereocenters. The van der Waals surface area contributed by atoms with E-state index in [0.717, 1.165) is 33.6 Å². The minimum Gasteiger partial charge on any atom is -0.338 e. The molecule has 0 radical (unpaired) electrons. The van der Waals surface area contributed by atoms with Gasteiger partial charge in [0, 0.05) is 28.3 Å². The van der Waals surface area contributed by atoms with Gasteiger partial charge in [-0.3, -0.25) is 9.55 Å². The van der Waals surface area contributed by atoms with Crippen molar-refractivity contribution >= 4 is 56.5 Å². The molecule has 6 aromatic rings. The number of rotatable bonds is 5. The summed E-state index contributed by atoms with van der Waals surface area (Å²) < 4.78 is 1.97. The first-order valence-corrected chi connectivity index (χ1v) is 11.0. The van der Waals surface area contributed by atoms with Gasteiger partial charge in [0.05, 0.1) is 11.2 Å². The van der Waals surface area contributed by atoms with E-state index in [1.165, 1.54) is 0 Å². The van der Waals surface area contributed by atoms with Crippen LogP contribution in [0.1, 0.15) is 0 Å². The molecule has 0 amide bonds. The molecule has 0 aliphatic carbocycles. The van der Waals surface area contributed by atoms with Crippen LogP contribution in [0.5, 0.6) is 0 Å². The van der Waals surface area contributed by atoms with E-state index in [4.69, 9.17) is 9.97 Å². The van der Waals surface area contributed by atoms with E-state index < -0.39 is 0 Å². The van der Waals surface area contributed by atoms with Crippen LogP contribution in [0.15, 0.2) is 90.0 Å². The lowest BCUT2D eigenvalue weighted by molar-refractivity contribution is 1.07. The zero-order chi connectivity index (χ0) is 21.3. The molecule has 0 unspecified atom stereocenters. The van der Waals surface area contributed by atoms with Crippen LogP contribution in [0.2, 0.25) is 0 Å². The third kappa shape index (κ3) is 3.42. The van der Waals surface area contributed by atoms with E-state index in [-0.39, 0.29) is 0 Å². The average molecular weight is 436 g/mol. The third-order valence-corrected chi connectivity index (χ3v) is 5.75. The van der Waals surface area contributed by atoms with Crippen LogP contribution >= 0.6 is 11.3 Å². The Bertz CT molecular complexity index is 1520. The van der Waals surface area contributed by atoms with Crippen molar-refractivity contribution in [2.45, 2.75) is 0 Å². The highest BCUT2D eigenvalue weighted by Gasteiger charge is 2.15. The Hall–Kier alpha value is -4.30. The molecular weight excluding hydrogens is 418 g/mol. The number of hydrogen-bond donors (Lipinski definition) is 2. The monoisotopic (exact) mass is 435 g/mol. The lowest BCUT2D eigenvalue weighted by atomic mass is 10.2. The fourth-order valence-corrected chi connectivity index (χ4v) is 4.20. The molecule has 0 saturated carbocycles. The minimum absolute atomic E-state index is 0.483. The number of para-hydroxylation sites is 1. The van der Waals surface area contributed by atoms with Crippen LogP contribution in [0.25, 0.3) is 27.8 Å². The van der Waals surface area contributed by atoms with Crippen LogP contribution in [0, 0.1) is 0 Å². The average Bonchev–Trinajstić information content (AvgIpc) is 3.50. The van der Waals surface area contributed by atoms with Crippen molar-refractivity contribution in [2.75, 3.05) is 10.6 Å². The summed E-state index contributed by atoms with van der Waals surface area (Å²) in [6, 6.07) is 21.9. The summed E-state index contributed by atoms with van der Waals surface area (Å²) in [6.45, 7) is 0. The largest absolute Gasteiger partial charge is 0.338 e. The minimum atomic E-state index is 0.483. The van der Waals surface area contributed by atoms with Crippen molar-refractivity contribution in [3.05, 3.63) is 90.0 Å². The second kappa shape index (κ2) is 7.75. The Kier molecular flexibility index (Phi) is 4.47. The number of nitrogens with one attached hydrogen (secondary N) is 2. The summed E-state index contributed by atoms with van der Waals surface area (Å²) in [5.74, 6) is 1.12. The Labute approximate surface area is 187 Å². The Balaban J connectivity index is 1.46. The fraction of sp³-hybridized carbons (Fsp3) is 0.